The topological polar surface area (TPSA) is 75.9 Å². The molecule has 0 bridgehead atoms. The van der Waals surface area contributed by atoms with Crippen molar-refractivity contribution >= 4 is 5.97 Å². The molecule has 2 atom stereocenters. The molecule has 1 fully saturated rings. The lowest BCUT2D eigenvalue weighted by molar-refractivity contribution is -0.138. The molecule has 1 rings (SSSR count). The summed E-state index contributed by atoms with van der Waals surface area (Å²) in [7, 11) is 0. The number of epoxide rings is 1. The van der Waals surface area contributed by atoms with E-state index in [9.17, 15) is 4.79 Å². The Balaban J connectivity index is 2.32. The van der Waals surface area contributed by atoms with Crippen molar-refractivity contribution in [3.05, 3.63) is 0 Å². The summed E-state index contributed by atoms with van der Waals surface area (Å²) in [6.07, 6.45) is -0.229. The highest BCUT2D eigenvalue weighted by atomic mass is 16.6. The first-order chi connectivity index (χ1) is 3.72. The first kappa shape index (κ1) is 5.53. The van der Waals surface area contributed by atoms with Gasteiger partial charge in [0.05, 0.1) is 6.61 Å². The molecule has 8 heavy (non-hydrogen) atoms. The van der Waals surface area contributed by atoms with E-state index in [1.165, 1.54) is 0 Å². The van der Waals surface area contributed by atoms with Gasteiger partial charge in [-0.1, -0.05) is 0 Å². The standard InChI is InChI=1S/C4H7NO3/c5-3(4(6)7)2-1-8-2/h2-3H,1,5H2,(H,6,7). The minimum atomic E-state index is -0.993. The molecule has 1 saturated heterocycles. The lowest BCUT2D eigenvalue weighted by Gasteiger charge is -1.97. The van der Waals surface area contributed by atoms with Crippen molar-refractivity contribution in [3.63, 3.8) is 0 Å². The Morgan fingerprint density at radius 2 is 2.50 bits per heavy atom. The van der Waals surface area contributed by atoms with Crippen LogP contribution in [0, 0.1) is 0 Å². The minimum Gasteiger partial charge on any atom is -0.480 e. The number of nitrogens with two attached hydrogens (primary N) is 1. The van der Waals surface area contributed by atoms with E-state index in [0.717, 1.165) is 0 Å². The van der Waals surface area contributed by atoms with Gasteiger partial charge in [-0.05, 0) is 0 Å². The maximum atomic E-state index is 9.98. The van der Waals surface area contributed by atoms with Crippen LogP contribution in [0.5, 0.6) is 0 Å². The molecule has 0 amide bonds. The molecule has 2 unspecified atom stereocenters. The molecule has 3 N–H and O–H groups in total. The van der Waals surface area contributed by atoms with Crippen LogP contribution in [0.4, 0.5) is 0 Å². The molecule has 0 aromatic rings. The SMILES string of the molecule is NC(C(=O)O)C1CO1. The van der Waals surface area contributed by atoms with Crippen molar-refractivity contribution in [2.24, 2.45) is 5.73 Å². The lowest BCUT2D eigenvalue weighted by atomic mass is 10.2. The van der Waals surface area contributed by atoms with E-state index in [1.807, 2.05) is 0 Å². The van der Waals surface area contributed by atoms with Crippen molar-refractivity contribution in [1.82, 2.24) is 0 Å². The summed E-state index contributed by atoms with van der Waals surface area (Å²) in [4.78, 5) is 9.98. The largest absolute Gasteiger partial charge is 0.480 e. The van der Waals surface area contributed by atoms with Gasteiger partial charge in [0.25, 0.3) is 0 Å². The van der Waals surface area contributed by atoms with Crippen LogP contribution in [0.3, 0.4) is 0 Å². The number of ether oxygens (including phenoxy) is 1. The van der Waals surface area contributed by atoms with Gasteiger partial charge in [0.15, 0.2) is 0 Å². The van der Waals surface area contributed by atoms with Gasteiger partial charge in [0.1, 0.15) is 12.1 Å². The summed E-state index contributed by atoms with van der Waals surface area (Å²) in [5.74, 6) is -0.993. The lowest BCUT2D eigenvalue weighted by Crippen LogP contribution is -2.35. The van der Waals surface area contributed by atoms with Crippen molar-refractivity contribution in [2.45, 2.75) is 12.1 Å². The van der Waals surface area contributed by atoms with Crippen molar-refractivity contribution in [1.29, 1.82) is 0 Å². The van der Waals surface area contributed by atoms with E-state index in [1.54, 1.807) is 0 Å². The molecule has 0 saturated carbocycles. The summed E-state index contributed by atoms with van der Waals surface area (Å²) in [5.41, 5.74) is 5.10. The molecule has 0 aromatic heterocycles. The Bertz CT molecular complexity index is 110. The maximum Gasteiger partial charge on any atom is 0.323 e. The van der Waals surface area contributed by atoms with Gasteiger partial charge in [-0.15, -0.1) is 0 Å². The first-order valence-electron chi connectivity index (χ1n) is 2.32. The fourth-order valence-corrected chi connectivity index (χ4v) is 0.422. The summed E-state index contributed by atoms with van der Waals surface area (Å²) in [6.45, 7) is 0.494. The van der Waals surface area contributed by atoms with Gasteiger partial charge in [-0.2, -0.15) is 0 Å². The van der Waals surface area contributed by atoms with E-state index in [0.29, 0.717) is 6.61 Å². The monoisotopic (exact) mass is 117 g/mol. The highest BCUT2D eigenvalue weighted by molar-refractivity contribution is 5.74. The molecular formula is C4H7NO3. The minimum absolute atomic E-state index is 0.229. The smallest absolute Gasteiger partial charge is 0.323 e. The van der Waals surface area contributed by atoms with E-state index in [-0.39, 0.29) is 6.10 Å². The van der Waals surface area contributed by atoms with Crippen LogP contribution in [0.2, 0.25) is 0 Å². The third kappa shape index (κ3) is 0.962. The average molecular weight is 117 g/mol. The average Bonchev–Trinajstić information content (AvgIpc) is 2.43. The normalized spacial score (nSPS) is 29.4. The second-order valence-electron chi connectivity index (χ2n) is 1.74. The van der Waals surface area contributed by atoms with Gasteiger partial charge in [-0.3, -0.25) is 4.79 Å². The van der Waals surface area contributed by atoms with Crippen LogP contribution in [-0.4, -0.2) is 29.8 Å². The fourth-order valence-electron chi connectivity index (χ4n) is 0.422. The van der Waals surface area contributed by atoms with Gasteiger partial charge in [0.2, 0.25) is 0 Å². The second-order valence-corrected chi connectivity index (χ2v) is 1.74. The molecule has 1 aliphatic heterocycles. The van der Waals surface area contributed by atoms with Crippen LogP contribution in [0.25, 0.3) is 0 Å². The predicted octanol–water partition coefficient (Wildman–Crippen LogP) is -1.20. The molecule has 0 aliphatic carbocycles. The number of carboxylic acids is 1. The molecule has 1 heterocycles. The van der Waals surface area contributed by atoms with Crippen LogP contribution in [-0.2, 0) is 9.53 Å². The summed E-state index contributed by atoms with van der Waals surface area (Å²) < 4.78 is 4.63. The number of hydrogen-bond acceptors (Lipinski definition) is 3. The van der Waals surface area contributed by atoms with Gasteiger partial charge >= 0.3 is 5.97 Å². The number of carboxylic acid groups (broad SMARTS) is 1. The highest BCUT2D eigenvalue weighted by Crippen LogP contribution is 2.11. The van der Waals surface area contributed by atoms with E-state index in [2.05, 4.69) is 4.74 Å². The molecule has 0 aromatic carbocycles. The van der Waals surface area contributed by atoms with Gasteiger partial charge in [0, 0.05) is 0 Å². The number of rotatable bonds is 2. The van der Waals surface area contributed by atoms with E-state index < -0.39 is 12.0 Å². The summed E-state index contributed by atoms with van der Waals surface area (Å²) in [6, 6.07) is -0.824. The van der Waals surface area contributed by atoms with Crippen LogP contribution < -0.4 is 5.73 Å². The molecule has 0 radical (unpaired) electrons. The zero-order chi connectivity index (χ0) is 6.15. The molecule has 4 nitrogen and oxygen atoms in total. The van der Waals surface area contributed by atoms with Crippen molar-refractivity contribution in [2.75, 3.05) is 6.61 Å². The molecule has 1 aliphatic rings. The Kier molecular flexibility index (Phi) is 1.19. The van der Waals surface area contributed by atoms with Crippen LogP contribution in [0.15, 0.2) is 0 Å². The quantitative estimate of drug-likeness (QED) is 0.445. The number of hydrogen-bond donors (Lipinski definition) is 2. The third-order valence-electron chi connectivity index (χ3n) is 1.04. The summed E-state index contributed by atoms with van der Waals surface area (Å²) in [5, 5.41) is 8.19. The predicted molar refractivity (Wildman–Crippen MR) is 25.4 cm³/mol. The fraction of sp³-hybridized carbons (Fsp3) is 0.750. The third-order valence-corrected chi connectivity index (χ3v) is 1.04. The van der Waals surface area contributed by atoms with Crippen molar-refractivity contribution in [3.8, 4) is 0 Å². The molecular weight excluding hydrogens is 110 g/mol. The van der Waals surface area contributed by atoms with Crippen molar-refractivity contribution < 1.29 is 14.6 Å². The first-order valence-corrected chi connectivity index (χ1v) is 2.32. The van der Waals surface area contributed by atoms with Gasteiger partial charge in [-0.25, -0.2) is 0 Å². The second kappa shape index (κ2) is 1.72. The van der Waals surface area contributed by atoms with Gasteiger partial charge < -0.3 is 15.6 Å². The van der Waals surface area contributed by atoms with E-state index in [4.69, 9.17) is 10.8 Å². The molecule has 0 spiro atoms. The highest BCUT2D eigenvalue weighted by Gasteiger charge is 2.34. The Morgan fingerprint density at radius 3 is 2.62 bits per heavy atom. The molecule has 4 heteroatoms. The number of carbonyl (C=O) groups is 1. The zero-order valence-corrected chi connectivity index (χ0v) is 4.20. The maximum absolute atomic E-state index is 9.98. The Labute approximate surface area is 46.2 Å². The van der Waals surface area contributed by atoms with Crippen LogP contribution >= 0.6 is 0 Å². The Morgan fingerprint density at radius 1 is 2.00 bits per heavy atom. The van der Waals surface area contributed by atoms with Crippen LogP contribution in [0.1, 0.15) is 0 Å². The molecule has 46 valence electrons. The zero-order valence-electron chi connectivity index (χ0n) is 4.20. The number of aliphatic carboxylic acids is 1. The Hall–Kier alpha value is -0.610. The summed E-state index contributed by atoms with van der Waals surface area (Å²) >= 11 is 0. The van der Waals surface area contributed by atoms with E-state index >= 15 is 0 Å².